The lowest BCUT2D eigenvalue weighted by atomic mass is 9.77. The minimum atomic E-state index is -0.239. The van der Waals surface area contributed by atoms with Gasteiger partial charge < -0.3 is 4.90 Å². The van der Waals surface area contributed by atoms with Crippen LogP contribution in [0.2, 0.25) is 0 Å². The van der Waals surface area contributed by atoms with E-state index in [0.29, 0.717) is 5.69 Å². The van der Waals surface area contributed by atoms with Crippen molar-refractivity contribution in [2.45, 2.75) is 38.0 Å². The molecule has 1 saturated heterocycles. The molecule has 2 aliphatic rings. The summed E-state index contributed by atoms with van der Waals surface area (Å²) in [5.41, 5.74) is 3.17. The van der Waals surface area contributed by atoms with Crippen LogP contribution in [0.4, 0.5) is 10.1 Å². The summed E-state index contributed by atoms with van der Waals surface area (Å²) in [6.07, 6.45) is 9.23. The van der Waals surface area contributed by atoms with Crippen LogP contribution >= 0.6 is 0 Å². The number of nitrogens with zero attached hydrogens (tertiary/aromatic N) is 4. The molecule has 0 amide bonds. The minimum Gasteiger partial charge on any atom is -0.368 e. The predicted octanol–water partition coefficient (Wildman–Crippen LogP) is 2.80. The van der Waals surface area contributed by atoms with Gasteiger partial charge in [0.25, 0.3) is 0 Å². The van der Waals surface area contributed by atoms with Crippen LogP contribution in [0, 0.1) is 12.7 Å². The Kier molecular flexibility index (Phi) is 3.10. The van der Waals surface area contributed by atoms with Gasteiger partial charge in [-0.2, -0.15) is 0 Å². The van der Waals surface area contributed by atoms with Crippen LogP contribution in [0.1, 0.15) is 36.3 Å². The van der Waals surface area contributed by atoms with Crippen LogP contribution < -0.4 is 4.90 Å². The molecule has 0 saturated carbocycles. The fourth-order valence-electron chi connectivity index (χ4n) is 3.99. The van der Waals surface area contributed by atoms with E-state index in [1.165, 1.54) is 17.5 Å². The molecule has 0 bridgehead atoms. The monoisotopic (exact) mass is 298 g/mol. The van der Waals surface area contributed by atoms with Gasteiger partial charge in [-0.15, -0.1) is 0 Å². The normalized spacial score (nSPS) is 23.8. The third kappa shape index (κ3) is 2.07. The number of hydrogen-bond donors (Lipinski definition) is 0. The van der Waals surface area contributed by atoms with Crippen LogP contribution in [0.25, 0.3) is 0 Å². The molecule has 1 fully saturated rings. The Bertz CT molecular complexity index is 714. The first-order valence-corrected chi connectivity index (χ1v) is 7.85. The Morgan fingerprint density at radius 1 is 1.27 bits per heavy atom. The zero-order valence-electron chi connectivity index (χ0n) is 12.7. The predicted molar refractivity (Wildman–Crippen MR) is 82.4 cm³/mol. The van der Waals surface area contributed by atoms with Crippen molar-refractivity contribution in [2.24, 2.45) is 0 Å². The van der Waals surface area contributed by atoms with Crippen molar-refractivity contribution in [1.82, 2.24) is 15.0 Å². The minimum absolute atomic E-state index is 0.0526. The highest BCUT2D eigenvalue weighted by molar-refractivity contribution is 5.49. The Labute approximate surface area is 129 Å². The summed E-state index contributed by atoms with van der Waals surface area (Å²) in [4.78, 5) is 15.1. The van der Waals surface area contributed by atoms with Crippen molar-refractivity contribution in [3.63, 3.8) is 0 Å². The second-order valence-corrected chi connectivity index (χ2v) is 6.42. The molecular formula is C17H19FN4. The molecule has 0 N–H and O–H groups in total. The van der Waals surface area contributed by atoms with Crippen LogP contribution in [-0.4, -0.2) is 28.0 Å². The van der Waals surface area contributed by atoms with Crippen LogP contribution in [0.3, 0.4) is 0 Å². The Hall–Kier alpha value is -2.04. The zero-order valence-corrected chi connectivity index (χ0v) is 12.7. The third-order valence-electron chi connectivity index (χ3n) is 5.03. The Balaban J connectivity index is 1.71. The summed E-state index contributed by atoms with van der Waals surface area (Å²) in [5.74, 6) is 0.587. The number of piperidine rings is 1. The maximum atomic E-state index is 14.1. The number of pyridine rings is 1. The fourth-order valence-corrected chi connectivity index (χ4v) is 3.99. The number of fused-ring (bicyclic) bond motifs is 2. The molecule has 0 radical (unpaired) electrons. The second-order valence-electron chi connectivity index (χ2n) is 6.42. The van der Waals surface area contributed by atoms with Gasteiger partial charge in [-0.25, -0.2) is 14.4 Å². The van der Waals surface area contributed by atoms with E-state index < -0.39 is 0 Å². The average molecular weight is 298 g/mol. The summed E-state index contributed by atoms with van der Waals surface area (Å²) in [6, 6.07) is 1.77. The molecule has 2 aromatic heterocycles. The lowest BCUT2D eigenvalue weighted by Crippen LogP contribution is -2.45. The molecule has 1 unspecified atom stereocenters. The van der Waals surface area contributed by atoms with Gasteiger partial charge in [0.1, 0.15) is 5.82 Å². The molecule has 0 aromatic carbocycles. The molecule has 4 nitrogen and oxygen atoms in total. The number of halogens is 1. The van der Waals surface area contributed by atoms with Gasteiger partial charge in [-0.1, -0.05) is 0 Å². The highest BCUT2D eigenvalue weighted by atomic mass is 19.1. The molecule has 5 heteroatoms. The van der Waals surface area contributed by atoms with Gasteiger partial charge in [-0.3, -0.25) is 4.98 Å². The van der Waals surface area contributed by atoms with Crippen LogP contribution in [-0.2, 0) is 11.8 Å². The molecule has 1 spiro atoms. The summed E-state index contributed by atoms with van der Waals surface area (Å²) in [7, 11) is 0. The van der Waals surface area contributed by atoms with E-state index in [2.05, 4.69) is 14.9 Å². The average Bonchev–Trinajstić information content (AvgIpc) is 2.86. The molecule has 1 atom stereocenters. The largest absolute Gasteiger partial charge is 0.368 e. The number of rotatable bonds is 1. The molecule has 1 aliphatic carbocycles. The van der Waals surface area contributed by atoms with E-state index in [4.69, 9.17) is 4.98 Å². The van der Waals surface area contributed by atoms with Crippen molar-refractivity contribution < 1.29 is 4.39 Å². The fraction of sp³-hybridized carbons (Fsp3) is 0.471. The van der Waals surface area contributed by atoms with E-state index >= 15 is 0 Å². The highest BCUT2D eigenvalue weighted by Gasteiger charge is 2.44. The van der Waals surface area contributed by atoms with Gasteiger partial charge in [0.15, 0.2) is 5.82 Å². The van der Waals surface area contributed by atoms with E-state index in [0.717, 1.165) is 44.6 Å². The van der Waals surface area contributed by atoms with E-state index in [-0.39, 0.29) is 11.2 Å². The quantitative estimate of drug-likeness (QED) is 0.812. The molecule has 22 heavy (non-hydrogen) atoms. The van der Waals surface area contributed by atoms with Gasteiger partial charge in [0.2, 0.25) is 0 Å². The van der Waals surface area contributed by atoms with Crippen molar-refractivity contribution in [3.05, 3.63) is 47.6 Å². The molecular weight excluding hydrogens is 279 g/mol. The topological polar surface area (TPSA) is 41.9 Å². The van der Waals surface area contributed by atoms with Crippen molar-refractivity contribution in [3.8, 4) is 0 Å². The highest BCUT2D eigenvalue weighted by Crippen LogP contribution is 2.44. The molecule has 1 aliphatic heterocycles. The second kappa shape index (κ2) is 5.00. The standard InChI is InChI=1S/C17H19FN4/c1-12-20-9-13-3-6-17(16(13)21-12)5-2-8-22(11-17)15-4-7-19-10-14(15)18/h4,7,9-10H,2-3,5-6,8,11H2,1H3. The maximum absolute atomic E-state index is 14.1. The first-order valence-electron chi connectivity index (χ1n) is 7.85. The van der Waals surface area contributed by atoms with Gasteiger partial charge in [0.05, 0.1) is 17.6 Å². The number of aryl methyl sites for hydroxylation is 2. The van der Waals surface area contributed by atoms with Crippen molar-refractivity contribution in [2.75, 3.05) is 18.0 Å². The van der Waals surface area contributed by atoms with Gasteiger partial charge >= 0.3 is 0 Å². The SMILES string of the molecule is Cc1ncc2c(n1)C1(CCCN(c3ccncc3F)C1)CC2. The summed E-state index contributed by atoms with van der Waals surface area (Å²) in [6.45, 7) is 3.66. The van der Waals surface area contributed by atoms with Crippen LogP contribution in [0.15, 0.2) is 24.7 Å². The number of hydrogen-bond acceptors (Lipinski definition) is 4. The third-order valence-corrected chi connectivity index (χ3v) is 5.03. The number of anilines is 1. The van der Waals surface area contributed by atoms with Gasteiger partial charge in [0, 0.05) is 30.9 Å². The molecule has 3 heterocycles. The Morgan fingerprint density at radius 2 is 2.18 bits per heavy atom. The lowest BCUT2D eigenvalue weighted by molar-refractivity contribution is 0.332. The maximum Gasteiger partial charge on any atom is 0.164 e. The van der Waals surface area contributed by atoms with E-state index in [1.54, 1.807) is 12.3 Å². The summed E-state index contributed by atoms with van der Waals surface area (Å²) < 4.78 is 14.1. The zero-order chi connectivity index (χ0) is 15.2. The van der Waals surface area contributed by atoms with E-state index in [9.17, 15) is 4.39 Å². The summed E-state index contributed by atoms with van der Waals surface area (Å²) in [5, 5.41) is 0. The van der Waals surface area contributed by atoms with Crippen molar-refractivity contribution in [1.29, 1.82) is 0 Å². The van der Waals surface area contributed by atoms with Crippen LogP contribution in [0.5, 0.6) is 0 Å². The van der Waals surface area contributed by atoms with Gasteiger partial charge in [-0.05, 0) is 44.2 Å². The first kappa shape index (κ1) is 13.6. The number of aromatic nitrogens is 3. The molecule has 2 aromatic rings. The smallest absolute Gasteiger partial charge is 0.164 e. The summed E-state index contributed by atoms with van der Waals surface area (Å²) >= 11 is 0. The first-order chi connectivity index (χ1) is 10.7. The molecule has 4 rings (SSSR count). The lowest BCUT2D eigenvalue weighted by Gasteiger charge is -2.41. The molecule has 114 valence electrons. The Morgan fingerprint density at radius 3 is 3.05 bits per heavy atom. The van der Waals surface area contributed by atoms with Crippen molar-refractivity contribution >= 4 is 5.69 Å². The van der Waals surface area contributed by atoms with E-state index in [1.807, 2.05) is 13.1 Å².